The van der Waals surface area contributed by atoms with Gasteiger partial charge in [0.15, 0.2) is 6.61 Å². The number of benzene rings is 2. The number of rotatable bonds is 4. The first-order valence-corrected chi connectivity index (χ1v) is 8.98. The van der Waals surface area contributed by atoms with Crippen LogP contribution in [-0.2, 0) is 14.3 Å². The molecular formula is C21H25NO4. The highest BCUT2D eigenvalue weighted by molar-refractivity contribution is 5.89. The van der Waals surface area contributed by atoms with Gasteiger partial charge in [-0.15, -0.1) is 0 Å². The molecule has 26 heavy (non-hydrogen) atoms. The molecule has 0 aromatic heterocycles. The molecular weight excluding hydrogens is 330 g/mol. The smallest absolute Gasteiger partial charge is 0.329 e. The van der Waals surface area contributed by atoms with Crippen LogP contribution in [0.5, 0.6) is 5.75 Å². The Kier molecular flexibility index (Phi) is 5.16. The molecule has 138 valence electrons. The van der Waals surface area contributed by atoms with E-state index in [4.69, 9.17) is 9.47 Å². The second-order valence-electron chi connectivity index (χ2n) is 7.54. The van der Waals surface area contributed by atoms with Gasteiger partial charge in [0.25, 0.3) is 5.91 Å². The van der Waals surface area contributed by atoms with Crippen LogP contribution < -0.4 is 4.74 Å². The maximum Gasteiger partial charge on any atom is 0.329 e. The molecule has 1 heterocycles. The third-order valence-electron chi connectivity index (χ3n) is 4.35. The highest BCUT2D eigenvalue weighted by atomic mass is 16.6. The van der Waals surface area contributed by atoms with Crippen molar-refractivity contribution in [2.45, 2.75) is 45.3 Å². The van der Waals surface area contributed by atoms with Crippen LogP contribution in [0.1, 0.15) is 33.6 Å². The third kappa shape index (κ3) is 4.15. The highest BCUT2D eigenvalue weighted by Crippen LogP contribution is 2.26. The Morgan fingerprint density at radius 1 is 1.12 bits per heavy atom. The summed E-state index contributed by atoms with van der Waals surface area (Å²) in [6, 6.07) is 13.1. The zero-order valence-corrected chi connectivity index (χ0v) is 15.5. The normalized spacial score (nSPS) is 17.3. The molecule has 0 aliphatic carbocycles. The van der Waals surface area contributed by atoms with Gasteiger partial charge in [0.1, 0.15) is 17.4 Å². The summed E-state index contributed by atoms with van der Waals surface area (Å²) in [6.07, 6.45) is 1.43. The van der Waals surface area contributed by atoms with E-state index in [2.05, 4.69) is 0 Å². The minimum Gasteiger partial charge on any atom is -0.483 e. The van der Waals surface area contributed by atoms with Gasteiger partial charge in [-0.2, -0.15) is 0 Å². The molecule has 1 saturated heterocycles. The quantitative estimate of drug-likeness (QED) is 0.787. The molecule has 0 bridgehead atoms. The first-order valence-electron chi connectivity index (χ1n) is 8.98. The molecule has 3 rings (SSSR count). The number of ether oxygens (including phenoxy) is 2. The van der Waals surface area contributed by atoms with Gasteiger partial charge in [-0.25, -0.2) is 4.79 Å². The molecule has 5 heteroatoms. The number of hydrogen-bond acceptors (Lipinski definition) is 4. The van der Waals surface area contributed by atoms with Gasteiger partial charge < -0.3 is 14.4 Å². The average Bonchev–Trinajstić information content (AvgIpc) is 3.08. The van der Waals surface area contributed by atoms with Crippen molar-refractivity contribution in [1.29, 1.82) is 0 Å². The molecule has 1 aliphatic rings. The fraction of sp³-hybridized carbons (Fsp3) is 0.429. The van der Waals surface area contributed by atoms with Crippen LogP contribution in [0.15, 0.2) is 42.5 Å². The van der Waals surface area contributed by atoms with E-state index in [-0.39, 0.29) is 18.5 Å². The molecule has 0 saturated carbocycles. The van der Waals surface area contributed by atoms with Gasteiger partial charge in [-0.1, -0.05) is 36.4 Å². The fourth-order valence-corrected chi connectivity index (χ4v) is 3.22. The van der Waals surface area contributed by atoms with Gasteiger partial charge in [-0.3, -0.25) is 4.79 Å². The largest absolute Gasteiger partial charge is 0.483 e. The molecule has 0 N–H and O–H groups in total. The van der Waals surface area contributed by atoms with E-state index in [9.17, 15) is 9.59 Å². The van der Waals surface area contributed by atoms with Crippen LogP contribution >= 0.6 is 0 Å². The van der Waals surface area contributed by atoms with Crippen LogP contribution in [0.25, 0.3) is 10.8 Å². The van der Waals surface area contributed by atoms with Crippen LogP contribution in [0.3, 0.4) is 0 Å². The Morgan fingerprint density at radius 3 is 2.62 bits per heavy atom. The molecule has 0 unspecified atom stereocenters. The number of fused-ring (bicyclic) bond motifs is 1. The molecule has 1 aliphatic heterocycles. The van der Waals surface area contributed by atoms with E-state index in [0.29, 0.717) is 18.7 Å². The number of carbonyl (C=O) groups is 2. The lowest BCUT2D eigenvalue weighted by Gasteiger charge is -2.27. The Balaban J connectivity index is 1.66. The van der Waals surface area contributed by atoms with Gasteiger partial charge >= 0.3 is 5.97 Å². The Morgan fingerprint density at radius 2 is 1.85 bits per heavy atom. The van der Waals surface area contributed by atoms with Crippen LogP contribution in [0.2, 0.25) is 0 Å². The topological polar surface area (TPSA) is 55.8 Å². The number of likely N-dealkylation sites (tertiary alicyclic amines) is 1. The van der Waals surface area contributed by atoms with Crippen molar-refractivity contribution < 1.29 is 19.1 Å². The molecule has 2 aromatic rings. The summed E-state index contributed by atoms with van der Waals surface area (Å²) in [5, 5.41) is 2.03. The van der Waals surface area contributed by atoms with Gasteiger partial charge in [0.05, 0.1) is 0 Å². The second kappa shape index (κ2) is 7.36. The predicted molar refractivity (Wildman–Crippen MR) is 100 cm³/mol. The number of esters is 1. The second-order valence-corrected chi connectivity index (χ2v) is 7.54. The maximum atomic E-state index is 12.6. The van der Waals surface area contributed by atoms with E-state index in [0.717, 1.165) is 17.2 Å². The summed E-state index contributed by atoms with van der Waals surface area (Å²) >= 11 is 0. The lowest BCUT2D eigenvalue weighted by molar-refractivity contribution is -0.163. The molecule has 0 spiro atoms. The number of amides is 1. The first kappa shape index (κ1) is 18.2. The van der Waals surface area contributed by atoms with Crippen molar-refractivity contribution in [2.75, 3.05) is 13.2 Å². The molecule has 1 fully saturated rings. The molecule has 1 amide bonds. The molecule has 2 aromatic carbocycles. The number of carbonyl (C=O) groups excluding carboxylic acids is 2. The Hall–Kier alpha value is -2.56. The first-order chi connectivity index (χ1) is 12.3. The van der Waals surface area contributed by atoms with Gasteiger partial charge in [0, 0.05) is 11.9 Å². The third-order valence-corrected chi connectivity index (χ3v) is 4.35. The van der Waals surface area contributed by atoms with Crippen LogP contribution in [0, 0.1) is 0 Å². The van der Waals surface area contributed by atoms with Crippen LogP contribution in [0.4, 0.5) is 0 Å². The van der Waals surface area contributed by atoms with E-state index in [1.54, 1.807) is 4.90 Å². The fourth-order valence-electron chi connectivity index (χ4n) is 3.22. The average molecular weight is 355 g/mol. The van der Waals surface area contributed by atoms with Crippen LogP contribution in [-0.4, -0.2) is 41.6 Å². The number of nitrogens with zero attached hydrogens (tertiary/aromatic N) is 1. The molecule has 1 atom stereocenters. The van der Waals surface area contributed by atoms with Gasteiger partial charge in [0.2, 0.25) is 0 Å². The minimum absolute atomic E-state index is 0.0900. The zero-order valence-electron chi connectivity index (χ0n) is 15.5. The summed E-state index contributed by atoms with van der Waals surface area (Å²) in [5.74, 6) is 0.143. The Labute approximate surface area is 153 Å². The maximum absolute atomic E-state index is 12.6. The van der Waals surface area contributed by atoms with Crippen molar-refractivity contribution in [3.63, 3.8) is 0 Å². The van der Waals surface area contributed by atoms with E-state index < -0.39 is 11.6 Å². The van der Waals surface area contributed by atoms with Gasteiger partial charge in [-0.05, 0) is 45.1 Å². The monoisotopic (exact) mass is 355 g/mol. The standard InChI is InChI=1S/C21H25NO4/c1-21(2,3)26-20(24)17-11-7-13-22(17)19(23)14-25-18-12-6-9-15-8-4-5-10-16(15)18/h4-6,8-10,12,17H,7,11,13-14H2,1-3H3/t17-/m1/s1. The van der Waals surface area contributed by atoms with E-state index in [1.165, 1.54) is 0 Å². The van der Waals surface area contributed by atoms with E-state index >= 15 is 0 Å². The summed E-state index contributed by atoms with van der Waals surface area (Å²) in [6.45, 7) is 5.95. The Bertz CT molecular complexity index is 804. The van der Waals surface area contributed by atoms with E-state index in [1.807, 2.05) is 63.2 Å². The summed E-state index contributed by atoms with van der Waals surface area (Å²) in [4.78, 5) is 26.6. The van der Waals surface area contributed by atoms with Crippen molar-refractivity contribution in [3.8, 4) is 5.75 Å². The lowest BCUT2D eigenvalue weighted by Crippen LogP contribution is -2.45. The summed E-state index contributed by atoms with van der Waals surface area (Å²) in [7, 11) is 0. The summed E-state index contributed by atoms with van der Waals surface area (Å²) < 4.78 is 11.2. The zero-order chi connectivity index (χ0) is 18.7. The lowest BCUT2D eigenvalue weighted by atomic mass is 10.1. The van der Waals surface area contributed by atoms with Crippen molar-refractivity contribution in [3.05, 3.63) is 42.5 Å². The van der Waals surface area contributed by atoms with Crippen molar-refractivity contribution >= 4 is 22.6 Å². The SMILES string of the molecule is CC(C)(C)OC(=O)[C@H]1CCCN1C(=O)COc1cccc2ccccc12. The van der Waals surface area contributed by atoms with Crippen molar-refractivity contribution in [1.82, 2.24) is 4.90 Å². The molecule has 0 radical (unpaired) electrons. The molecule has 5 nitrogen and oxygen atoms in total. The highest BCUT2D eigenvalue weighted by Gasteiger charge is 2.36. The summed E-state index contributed by atoms with van der Waals surface area (Å²) in [5.41, 5.74) is -0.562. The minimum atomic E-state index is -0.562. The predicted octanol–water partition coefficient (Wildman–Crippen LogP) is 3.55. The van der Waals surface area contributed by atoms with Crippen molar-refractivity contribution in [2.24, 2.45) is 0 Å². The number of hydrogen-bond donors (Lipinski definition) is 0.